The van der Waals surface area contributed by atoms with Gasteiger partial charge in [-0.15, -0.1) is 0 Å². The van der Waals surface area contributed by atoms with Gasteiger partial charge in [0.1, 0.15) is 11.4 Å². The fourth-order valence-electron chi connectivity index (χ4n) is 1.23. The molecule has 0 saturated heterocycles. The quantitative estimate of drug-likeness (QED) is 0.625. The minimum Gasteiger partial charge on any atom is -0.490 e. The maximum absolute atomic E-state index is 5.40. The molecule has 0 spiro atoms. The van der Waals surface area contributed by atoms with Crippen molar-refractivity contribution in [1.82, 2.24) is 9.97 Å². The van der Waals surface area contributed by atoms with Gasteiger partial charge in [0.15, 0.2) is 11.6 Å². The zero-order valence-corrected chi connectivity index (χ0v) is 12.0. The fourth-order valence-corrected chi connectivity index (χ4v) is 2.25. The van der Waals surface area contributed by atoms with E-state index in [9.17, 15) is 0 Å². The highest BCUT2D eigenvalue weighted by atomic mass is 32.2. The summed E-state index contributed by atoms with van der Waals surface area (Å²) in [5, 5.41) is 4.58. The average molecular weight is 255 g/mol. The summed E-state index contributed by atoms with van der Waals surface area (Å²) in [4.78, 5) is 8.49. The van der Waals surface area contributed by atoms with E-state index in [4.69, 9.17) is 4.74 Å². The number of methoxy groups -OCH3 is 1. The highest BCUT2D eigenvalue weighted by molar-refractivity contribution is 7.99. The number of anilines is 1. The number of nitrogens with zero attached hydrogens (tertiary/aromatic N) is 2. The largest absolute Gasteiger partial charge is 0.490 e. The van der Waals surface area contributed by atoms with E-state index in [0.29, 0.717) is 11.2 Å². The van der Waals surface area contributed by atoms with Crippen LogP contribution in [0.2, 0.25) is 0 Å². The second-order valence-electron chi connectivity index (χ2n) is 4.16. The molecule has 1 heterocycles. The van der Waals surface area contributed by atoms with Gasteiger partial charge in [-0.25, -0.2) is 9.97 Å². The van der Waals surface area contributed by atoms with Crippen LogP contribution in [0.15, 0.2) is 11.4 Å². The van der Waals surface area contributed by atoms with Crippen LogP contribution in [0.4, 0.5) is 5.82 Å². The third-order valence-corrected chi connectivity index (χ3v) is 3.99. The van der Waals surface area contributed by atoms with Gasteiger partial charge in [0.2, 0.25) is 0 Å². The molecule has 5 heteroatoms. The molecule has 0 amide bonds. The van der Waals surface area contributed by atoms with Crippen LogP contribution in [-0.4, -0.2) is 28.9 Å². The molecule has 1 atom stereocenters. The van der Waals surface area contributed by atoms with E-state index in [-0.39, 0.29) is 0 Å². The van der Waals surface area contributed by atoms with Crippen molar-refractivity contribution in [2.75, 3.05) is 19.0 Å². The molecule has 0 aliphatic rings. The number of rotatable bonds is 6. The zero-order valence-electron chi connectivity index (χ0n) is 11.2. The first-order valence-electron chi connectivity index (χ1n) is 5.89. The van der Waals surface area contributed by atoms with Gasteiger partial charge in [-0.3, -0.25) is 0 Å². The summed E-state index contributed by atoms with van der Waals surface area (Å²) in [5.41, 5.74) is 0. The molecule has 0 aliphatic heterocycles. The van der Waals surface area contributed by atoms with Crippen LogP contribution >= 0.6 is 11.8 Å². The van der Waals surface area contributed by atoms with Gasteiger partial charge in [0.05, 0.1) is 7.11 Å². The Balaban J connectivity index is 2.94. The lowest BCUT2D eigenvalue weighted by Gasteiger charge is -2.17. The Labute approximate surface area is 108 Å². The van der Waals surface area contributed by atoms with Crippen molar-refractivity contribution in [1.29, 1.82) is 0 Å². The van der Waals surface area contributed by atoms with Crippen molar-refractivity contribution in [2.45, 2.75) is 38.0 Å². The Morgan fingerprint density at radius 2 is 2.06 bits per heavy atom. The van der Waals surface area contributed by atoms with Crippen LogP contribution in [-0.2, 0) is 0 Å². The van der Waals surface area contributed by atoms with Gasteiger partial charge in [-0.2, -0.15) is 0 Å². The van der Waals surface area contributed by atoms with Crippen LogP contribution < -0.4 is 10.1 Å². The lowest BCUT2D eigenvalue weighted by Crippen LogP contribution is -2.08. The van der Waals surface area contributed by atoms with E-state index in [2.05, 4.69) is 36.1 Å². The van der Waals surface area contributed by atoms with Gasteiger partial charge in [-0.05, 0) is 12.8 Å². The molecule has 0 fully saturated rings. The lowest BCUT2D eigenvalue weighted by molar-refractivity contribution is 0.400. The zero-order chi connectivity index (χ0) is 12.8. The third-order valence-electron chi connectivity index (χ3n) is 2.56. The van der Waals surface area contributed by atoms with Crippen molar-refractivity contribution in [3.8, 4) is 5.75 Å². The van der Waals surface area contributed by atoms with E-state index >= 15 is 0 Å². The molecule has 0 aliphatic carbocycles. The highest BCUT2D eigenvalue weighted by Crippen LogP contribution is 2.36. The average Bonchev–Trinajstić information content (AvgIpc) is 2.29. The Morgan fingerprint density at radius 3 is 2.59 bits per heavy atom. The summed E-state index contributed by atoms with van der Waals surface area (Å²) < 4.78 is 5.40. The summed E-state index contributed by atoms with van der Waals surface area (Å²) in [6.07, 6.45) is 1.58. The van der Waals surface area contributed by atoms with E-state index in [0.717, 1.165) is 23.1 Å². The second-order valence-corrected chi connectivity index (χ2v) is 5.52. The molecule has 0 radical (unpaired) electrons. The Bertz CT molecular complexity index is 358. The number of hydrogen-bond acceptors (Lipinski definition) is 5. The maximum atomic E-state index is 5.40. The van der Waals surface area contributed by atoms with Crippen molar-refractivity contribution in [2.24, 2.45) is 5.92 Å². The van der Waals surface area contributed by atoms with E-state index in [1.807, 2.05) is 6.92 Å². The van der Waals surface area contributed by atoms with Crippen LogP contribution in [0.1, 0.15) is 27.7 Å². The summed E-state index contributed by atoms with van der Waals surface area (Å²) in [7, 11) is 1.66. The van der Waals surface area contributed by atoms with E-state index in [1.165, 1.54) is 0 Å². The van der Waals surface area contributed by atoms with Crippen LogP contribution in [0.5, 0.6) is 5.75 Å². The van der Waals surface area contributed by atoms with Crippen molar-refractivity contribution in [3.63, 3.8) is 0 Å². The first-order valence-corrected chi connectivity index (χ1v) is 6.77. The Hall–Kier alpha value is -0.970. The minimum absolute atomic E-state index is 0.494. The molecule has 0 bridgehead atoms. The van der Waals surface area contributed by atoms with Gasteiger partial charge in [-0.1, -0.05) is 32.5 Å². The predicted molar refractivity (Wildman–Crippen MR) is 72.9 cm³/mol. The topological polar surface area (TPSA) is 47.0 Å². The molecule has 96 valence electrons. The molecule has 1 aromatic heterocycles. The molecular weight excluding hydrogens is 234 g/mol. The predicted octanol–water partition coefficient (Wildman–Crippen LogP) is 3.05. The van der Waals surface area contributed by atoms with Gasteiger partial charge in [0.25, 0.3) is 0 Å². The molecular formula is C12H21N3OS. The van der Waals surface area contributed by atoms with Crippen molar-refractivity contribution < 1.29 is 4.74 Å². The second kappa shape index (κ2) is 6.69. The molecule has 1 unspecified atom stereocenters. The van der Waals surface area contributed by atoms with Crippen molar-refractivity contribution in [3.05, 3.63) is 6.33 Å². The molecule has 4 nitrogen and oxygen atoms in total. The van der Waals surface area contributed by atoms with Crippen LogP contribution in [0.3, 0.4) is 0 Å². The van der Waals surface area contributed by atoms with Gasteiger partial charge < -0.3 is 10.1 Å². The number of hydrogen-bond donors (Lipinski definition) is 1. The van der Waals surface area contributed by atoms with E-state index in [1.54, 1.807) is 25.2 Å². The molecule has 1 N–H and O–H groups in total. The first kappa shape index (κ1) is 14.1. The summed E-state index contributed by atoms with van der Waals surface area (Å²) in [6.45, 7) is 9.46. The van der Waals surface area contributed by atoms with Gasteiger partial charge in [0, 0.05) is 11.8 Å². The van der Waals surface area contributed by atoms with Crippen LogP contribution in [0.25, 0.3) is 0 Å². The summed E-state index contributed by atoms with van der Waals surface area (Å²) >= 11 is 1.73. The van der Waals surface area contributed by atoms with Crippen LogP contribution in [0, 0.1) is 5.92 Å². The minimum atomic E-state index is 0.494. The lowest BCUT2D eigenvalue weighted by atomic mass is 10.2. The Morgan fingerprint density at radius 1 is 1.35 bits per heavy atom. The molecule has 1 aromatic rings. The van der Waals surface area contributed by atoms with Crippen molar-refractivity contribution >= 4 is 17.6 Å². The molecule has 1 rings (SSSR count). The number of aromatic nitrogens is 2. The fraction of sp³-hybridized carbons (Fsp3) is 0.667. The van der Waals surface area contributed by atoms with E-state index < -0.39 is 0 Å². The highest BCUT2D eigenvalue weighted by Gasteiger charge is 2.16. The summed E-state index contributed by atoms with van der Waals surface area (Å²) in [5.74, 6) is 2.11. The normalized spacial score (nSPS) is 12.6. The molecule has 0 aromatic carbocycles. The molecule has 0 saturated carbocycles. The Kier molecular flexibility index (Phi) is 5.55. The van der Waals surface area contributed by atoms with Gasteiger partial charge >= 0.3 is 0 Å². The monoisotopic (exact) mass is 255 g/mol. The number of nitrogens with one attached hydrogen (secondary N) is 1. The standard InChI is InChI=1S/C12H21N3OS/c1-6-13-11-10(16-5)12(15-7-14-11)17-9(4)8(2)3/h7-9H,6H2,1-5H3,(H,13,14,15). The maximum Gasteiger partial charge on any atom is 0.193 e. The SMILES string of the molecule is CCNc1ncnc(SC(C)C(C)C)c1OC. The number of thioether (sulfide) groups is 1. The summed E-state index contributed by atoms with van der Waals surface area (Å²) in [6, 6.07) is 0. The molecule has 17 heavy (non-hydrogen) atoms. The first-order chi connectivity index (χ1) is 8.10. The smallest absolute Gasteiger partial charge is 0.193 e. The third kappa shape index (κ3) is 3.77. The number of ether oxygens (including phenoxy) is 1.